The van der Waals surface area contributed by atoms with Crippen molar-refractivity contribution in [3.05, 3.63) is 71.5 Å². The van der Waals surface area contributed by atoms with Gasteiger partial charge >= 0.3 is 0 Å². The molecule has 0 bridgehead atoms. The lowest BCUT2D eigenvalue weighted by Crippen LogP contribution is -2.51. The van der Waals surface area contributed by atoms with E-state index in [1.54, 1.807) is 30.0 Å². The Morgan fingerprint density at radius 2 is 1.68 bits per heavy atom. The topological polar surface area (TPSA) is 49.4 Å². The minimum absolute atomic E-state index is 0.0348. The lowest BCUT2D eigenvalue weighted by Gasteiger charge is -2.29. The number of hydrogen-bond donors (Lipinski definition) is 1. The Balaban J connectivity index is 2.15. The molecule has 28 heavy (non-hydrogen) atoms. The van der Waals surface area contributed by atoms with Gasteiger partial charge in [0, 0.05) is 12.6 Å². The number of carbonyl (C=O) groups excluding carboxylic acids is 2. The van der Waals surface area contributed by atoms with E-state index in [2.05, 4.69) is 5.32 Å². The van der Waals surface area contributed by atoms with E-state index < -0.39 is 11.9 Å². The molecular formula is C23H29FN2O2. The molecule has 0 aliphatic carbocycles. The van der Waals surface area contributed by atoms with Gasteiger partial charge in [-0.15, -0.1) is 0 Å². The third-order valence-corrected chi connectivity index (χ3v) is 4.95. The monoisotopic (exact) mass is 384 g/mol. The van der Waals surface area contributed by atoms with E-state index in [0.29, 0.717) is 18.5 Å². The van der Waals surface area contributed by atoms with E-state index in [0.717, 1.165) is 12.0 Å². The first-order valence-electron chi connectivity index (χ1n) is 9.79. The molecule has 1 N–H and O–H groups in total. The Hall–Kier alpha value is -2.69. The maximum Gasteiger partial charge on any atom is 0.242 e. The Kier molecular flexibility index (Phi) is 8.18. The summed E-state index contributed by atoms with van der Waals surface area (Å²) < 4.78 is 14.0. The van der Waals surface area contributed by atoms with E-state index in [9.17, 15) is 14.0 Å². The van der Waals surface area contributed by atoms with Crippen molar-refractivity contribution < 1.29 is 14.0 Å². The Bertz CT molecular complexity index is 779. The Morgan fingerprint density at radius 3 is 2.32 bits per heavy atom. The molecule has 0 aliphatic rings. The van der Waals surface area contributed by atoms with Crippen LogP contribution in [0.2, 0.25) is 0 Å². The van der Waals surface area contributed by atoms with Crippen molar-refractivity contribution in [1.29, 1.82) is 0 Å². The fourth-order valence-corrected chi connectivity index (χ4v) is 2.94. The van der Waals surface area contributed by atoms with E-state index in [1.165, 1.54) is 6.07 Å². The smallest absolute Gasteiger partial charge is 0.242 e. The lowest BCUT2D eigenvalue weighted by molar-refractivity contribution is -0.139. The molecule has 2 aromatic carbocycles. The molecule has 2 aromatic rings. The molecule has 2 atom stereocenters. The molecule has 2 amide bonds. The zero-order chi connectivity index (χ0) is 20.5. The molecule has 0 fully saturated rings. The minimum Gasteiger partial charge on any atom is -0.352 e. The van der Waals surface area contributed by atoms with Crippen LogP contribution in [0.4, 0.5) is 4.39 Å². The van der Waals surface area contributed by atoms with Crippen molar-refractivity contribution in [2.45, 2.75) is 52.1 Å². The fourth-order valence-electron chi connectivity index (χ4n) is 2.94. The van der Waals surface area contributed by atoms with Crippen molar-refractivity contribution in [2.24, 2.45) is 0 Å². The van der Waals surface area contributed by atoms with Gasteiger partial charge in [-0.2, -0.15) is 0 Å². The third kappa shape index (κ3) is 6.19. The summed E-state index contributed by atoms with van der Waals surface area (Å²) in [6.07, 6.45) is 1.37. The largest absolute Gasteiger partial charge is 0.352 e. The SMILES string of the molecule is CC[C@H](C)NC(=O)[C@@H](C)N(CCc1ccccc1)C(=O)Cc1ccccc1F. The highest BCUT2D eigenvalue weighted by Gasteiger charge is 2.26. The number of nitrogens with one attached hydrogen (secondary N) is 1. The summed E-state index contributed by atoms with van der Waals surface area (Å²) in [6, 6.07) is 15.5. The van der Waals surface area contributed by atoms with Crippen LogP contribution >= 0.6 is 0 Å². The normalized spacial score (nSPS) is 12.9. The quantitative estimate of drug-likeness (QED) is 0.716. The number of nitrogens with zero attached hydrogens (tertiary/aromatic N) is 1. The van der Waals surface area contributed by atoms with Gasteiger partial charge in [0.1, 0.15) is 11.9 Å². The molecule has 0 heterocycles. The van der Waals surface area contributed by atoms with E-state index in [4.69, 9.17) is 0 Å². The summed E-state index contributed by atoms with van der Waals surface area (Å²) in [4.78, 5) is 27.1. The van der Waals surface area contributed by atoms with Crippen LogP contribution < -0.4 is 5.32 Å². The number of carbonyl (C=O) groups is 2. The van der Waals surface area contributed by atoms with Crippen LogP contribution in [0.1, 0.15) is 38.3 Å². The van der Waals surface area contributed by atoms with Gasteiger partial charge in [-0.25, -0.2) is 4.39 Å². The van der Waals surface area contributed by atoms with Gasteiger partial charge in [-0.3, -0.25) is 9.59 Å². The summed E-state index contributed by atoms with van der Waals surface area (Å²) in [7, 11) is 0. The second kappa shape index (κ2) is 10.6. The number of halogens is 1. The van der Waals surface area contributed by atoms with Crippen molar-refractivity contribution in [2.75, 3.05) is 6.54 Å². The van der Waals surface area contributed by atoms with Gasteiger partial charge in [0.25, 0.3) is 0 Å². The number of hydrogen-bond acceptors (Lipinski definition) is 2. The van der Waals surface area contributed by atoms with Crippen molar-refractivity contribution >= 4 is 11.8 Å². The Labute approximate surface area is 166 Å². The maximum absolute atomic E-state index is 14.0. The highest BCUT2D eigenvalue weighted by Crippen LogP contribution is 2.12. The summed E-state index contributed by atoms with van der Waals surface area (Å²) in [5.74, 6) is -0.854. The van der Waals surface area contributed by atoms with Crippen LogP contribution in [-0.4, -0.2) is 35.3 Å². The molecule has 0 radical (unpaired) electrons. The van der Waals surface area contributed by atoms with Crippen LogP contribution in [0.15, 0.2) is 54.6 Å². The molecule has 2 rings (SSSR count). The van der Waals surface area contributed by atoms with Crippen LogP contribution in [-0.2, 0) is 22.4 Å². The zero-order valence-corrected chi connectivity index (χ0v) is 16.8. The van der Waals surface area contributed by atoms with Gasteiger partial charge in [0.05, 0.1) is 6.42 Å². The number of rotatable bonds is 9. The van der Waals surface area contributed by atoms with Crippen LogP contribution in [0.5, 0.6) is 0 Å². The first kappa shape index (κ1) is 21.6. The maximum atomic E-state index is 14.0. The van der Waals surface area contributed by atoms with Gasteiger partial charge in [-0.1, -0.05) is 55.5 Å². The molecule has 4 nitrogen and oxygen atoms in total. The second-order valence-electron chi connectivity index (χ2n) is 7.08. The molecule has 0 aromatic heterocycles. The van der Waals surface area contributed by atoms with Crippen LogP contribution in [0.25, 0.3) is 0 Å². The molecular weight excluding hydrogens is 355 g/mol. The second-order valence-corrected chi connectivity index (χ2v) is 7.08. The highest BCUT2D eigenvalue weighted by molar-refractivity contribution is 5.88. The molecule has 0 aliphatic heterocycles. The predicted molar refractivity (Wildman–Crippen MR) is 109 cm³/mol. The van der Waals surface area contributed by atoms with E-state index >= 15 is 0 Å². The van der Waals surface area contributed by atoms with E-state index in [-0.39, 0.29) is 24.3 Å². The van der Waals surface area contributed by atoms with Crippen molar-refractivity contribution in [1.82, 2.24) is 10.2 Å². The molecule has 0 saturated heterocycles. The summed E-state index contributed by atoms with van der Waals surface area (Å²) >= 11 is 0. The average molecular weight is 384 g/mol. The number of amides is 2. The van der Waals surface area contributed by atoms with Gasteiger partial charge in [0.2, 0.25) is 11.8 Å². The summed E-state index contributed by atoms with van der Waals surface area (Å²) in [5, 5.41) is 2.93. The first-order valence-corrected chi connectivity index (χ1v) is 9.79. The van der Waals surface area contributed by atoms with Crippen LogP contribution in [0.3, 0.4) is 0 Å². The summed E-state index contributed by atoms with van der Waals surface area (Å²) in [5.41, 5.74) is 1.42. The van der Waals surface area contributed by atoms with Gasteiger partial charge in [0.15, 0.2) is 0 Å². The minimum atomic E-state index is -0.628. The number of benzene rings is 2. The fraction of sp³-hybridized carbons (Fsp3) is 0.391. The molecule has 150 valence electrons. The van der Waals surface area contributed by atoms with Gasteiger partial charge in [-0.05, 0) is 43.9 Å². The molecule has 0 saturated carbocycles. The lowest BCUT2D eigenvalue weighted by atomic mass is 10.1. The molecule has 0 unspecified atom stereocenters. The first-order chi connectivity index (χ1) is 13.4. The summed E-state index contributed by atoms with van der Waals surface area (Å²) in [6.45, 7) is 6.04. The highest BCUT2D eigenvalue weighted by atomic mass is 19.1. The zero-order valence-electron chi connectivity index (χ0n) is 16.8. The van der Waals surface area contributed by atoms with E-state index in [1.807, 2.05) is 44.2 Å². The Morgan fingerprint density at radius 1 is 1.04 bits per heavy atom. The third-order valence-electron chi connectivity index (χ3n) is 4.95. The van der Waals surface area contributed by atoms with Crippen molar-refractivity contribution in [3.63, 3.8) is 0 Å². The van der Waals surface area contributed by atoms with Crippen LogP contribution in [0, 0.1) is 5.82 Å². The predicted octanol–water partition coefficient (Wildman–Crippen LogP) is 3.74. The average Bonchev–Trinajstić information content (AvgIpc) is 2.70. The van der Waals surface area contributed by atoms with Crippen molar-refractivity contribution in [3.8, 4) is 0 Å². The molecule has 0 spiro atoms. The van der Waals surface area contributed by atoms with Gasteiger partial charge < -0.3 is 10.2 Å². The molecule has 5 heteroatoms. The standard InChI is InChI=1S/C23H29FN2O2/c1-4-17(2)25-23(28)18(3)26(15-14-19-10-6-5-7-11-19)22(27)16-20-12-8-9-13-21(20)24/h5-13,17-18H,4,14-16H2,1-3H3,(H,25,28)/t17-,18+/m0/s1.